The number of benzene rings is 1. The van der Waals surface area contributed by atoms with Crippen molar-refractivity contribution in [1.82, 2.24) is 4.90 Å². The average molecular weight is 269 g/mol. The van der Waals surface area contributed by atoms with Crippen LogP contribution in [-0.4, -0.2) is 29.2 Å². The Balaban J connectivity index is 1.99. The van der Waals surface area contributed by atoms with Crippen LogP contribution in [0.5, 0.6) is 0 Å². The van der Waals surface area contributed by atoms with Crippen molar-refractivity contribution in [3.05, 3.63) is 28.8 Å². The Morgan fingerprint density at radius 3 is 2.72 bits per heavy atom. The molecule has 0 bridgehead atoms. The molecule has 0 saturated heterocycles. The van der Waals surface area contributed by atoms with Crippen molar-refractivity contribution >= 4 is 17.3 Å². The van der Waals surface area contributed by atoms with Gasteiger partial charge in [0, 0.05) is 25.7 Å². The van der Waals surface area contributed by atoms with Gasteiger partial charge in [-0.3, -0.25) is 4.90 Å². The van der Waals surface area contributed by atoms with Gasteiger partial charge in [-0.2, -0.15) is 0 Å². The van der Waals surface area contributed by atoms with Crippen LogP contribution in [0.3, 0.4) is 0 Å². The number of aliphatic hydroxyl groups is 1. The van der Waals surface area contributed by atoms with E-state index in [1.165, 1.54) is 24.8 Å². The summed E-state index contributed by atoms with van der Waals surface area (Å²) < 4.78 is 0. The fourth-order valence-corrected chi connectivity index (χ4v) is 2.46. The van der Waals surface area contributed by atoms with E-state index in [0.29, 0.717) is 16.8 Å². The second kappa shape index (κ2) is 6.41. The van der Waals surface area contributed by atoms with E-state index < -0.39 is 0 Å². The van der Waals surface area contributed by atoms with Crippen LogP contribution >= 0.6 is 11.6 Å². The molecule has 0 amide bonds. The topological polar surface area (TPSA) is 49.5 Å². The molecule has 2 rings (SSSR count). The smallest absolute Gasteiger partial charge is 0.0635 e. The number of nitrogens with two attached hydrogens (primary N) is 1. The van der Waals surface area contributed by atoms with Gasteiger partial charge in [-0.05, 0) is 37.0 Å². The summed E-state index contributed by atoms with van der Waals surface area (Å²) >= 11 is 5.93. The van der Waals surface area contributed by atoms with Gasteiger partial charge >= 0.3 is 0 Å². The first-order valence-electron chi connectivity index (χ1n) is 6.59. The molecule has 3 N–H and O–H groups in total. The van der Waals surface area contributed by atoms with E-state index in [-0.39, 0.29) is 6.61 Å². The van der Waals surface area contributed by atoms with Crippen LogP contribution in [0.4, 0.5) is 5.69 Å². The van der Waals surface area contributed by atoms with E-state index in [4.69, 9.17) is 22.4 Å². The molecule has 18 heavy (non-hydrogen) atoms. The standard InChI is InChI=1S/C14H21ClN2O/c15-13-6-5-11(9-14(13)16)10-17(7-2-8-18)12-3-1-4-12/h5-6,9,12,18H,1-4,7-8,10,16H2. The molecule has 1 aliphatic carbocycles. The number of aliphatic hydroxyl groups excluding tert-OH is 1. The van der Waals surface area contributed by atoms with Gasteiger partial charge < -0.3 is 10.8 Å². The molecule has 0 unspecified atom stereocenters. The van der Waals surface area contributed by atoms with Crippen LogP contribution in [0.15, 0.2) is 18.2 Å². The minimum absolute atomic E-state index is 0.256. The predicted octanol–water partition coefficient (Wildman–Crippen LogP) is 2.66. The van der Waals surface area contributed by atoms with Crippen molar-refractivity contribution in [2.24, 2.45) is 0 Å². The third kappa shape index (κ3) is 3.37. The van der Waals surface area contributed by atoms with Gasteiger partial charge in [0.15, 0.2) is 0 Å². The molecule has 0 atom stereocenters. The number of nitrogens with zero attached hydrogens (tertiary/aromatic N) is 1. The maximum atomic E-state index is 8.97. The van der Waals surface area contributed by atoms with Gasteiger partial charge in [-0.15, -0.1) is 0 Å². The number of hydrogen-bond donors (Lipinski definition) is 2. The SMILES string of the molecule is Nc1cc(CN(CCCO)C2CCC2)ccc1Cl. The van der Waals surface area contributed by atoms with Crippen molar-refractivity contribution in [2.45, 2.75) is 38.3 Å². The first-order valence-corrected chi connectivity index (χ1v) is 6.97. The fourth-order valence-electron chi connectivity index (χ4n) is 2.34. The molecule has 4 heteroatoms. The lowest BCUT2D eigenvalue weighted by atomic mass is 9.91. The van der Waals surface area contributed by atoms with Crippen LogP contribution in [-0.2, 0) is 6.54 Å². The lowest BCUT2D eigenvalue weighted by Gasteiger charge is -2.37. The Morgan fingerprint density at radius 1 is 1.39 bits per heavy atom. The number of hydrogen-bond acceptors (Lipinski definition) is 3. The molecule has 3 nitrogen and oxygen atoms in total. The molecule has 1 saturated carbocycles. The van der Waals surface area contributed by atoms with Gasteiger partial charge in [0.05, 0.1) is 10.7 Å². The Labute approximate surface area is 114 Å². The third-order valence-corrected chi connectivity index (χ3v) is 3.98. The van der Waals surface area contributed by atoms with Crippen LogP contribution in [0, 0.1) is 0 Å². The van der Waals surface area contributed by atoms with Gasteiger partial charge in [-0.1, -0.05) is 24.1 Å². The highest BCUT2D eigenvalue weighted by Gasteiger charge is 2.24. The molecule has 1 aromatic rings. The molecule has 0 radical (unpaired) electrons. The van der Waals surface area contributed by atoms with E-state index >= 15 is 0 Å². The van der Waals surface area contributed by atoms with Crippen molar-refractivity contribution in [1.29, 1.82) is 0 Å². The van der Waals surface area contributed by atoms with Crippen molar-refractivity contribution in [2.75, 3.05) is 18.9 Å². The van der Waals surface area contributed by atoms with Gasteiger partial charge in [0.2, 0.25) is 0 Å². The highest BCUT2D eigenvalue weighted by Crippen LogP contribution is 2.27. The van der Waals surface area contributed by atoms with E-state index in [9.17, 15) is 0 Å². The molecule has 0 aliphatic heterocycles. The Morgan fingerprint density at radius 2 is 2.17 bits per heavy atom. The van der Waals surface area contributed by atoms with Crippen molar-refractivity contribution in [3.63, 3.8) is 0 Å². The summed E-state index contributed by atoms with van der Waals surface area (Å²) in [7, 11) is 0. The van der Waals surface area contributed by atoms with Crippen LogP contribution in [0.1, 0.15) is 31.2 Å². The molecular formula is C14H21ClN2O. The number of anilines is 1. The maximum absolute atomic E-state index is 8.97. The van der Waals surface area contributed by atoms with E-state index in [2.05, 4.69) is 4.90 Å². The van der Waals surface area contributed by atoms with E-state index in [0.717, 1.165) is 19.5 Å². The van der Waals surface area contributed by atoms with Gasteiger partial charge in [-0.25, -0.2) is 0 Å². The molecule has 1 fully saturated rings. The maximum Gasteiger partial charge on any atom is 0.0635 e. The molecule has 0 aromatic heterocycles. The summed E-state index contributed by atoms with van der Waals surface area (Å²) in [6.07, 6.45) is 4.70. The first kappa shape index (κ1) is 13.7. The lowest BCUT2D eigenvalue weighted by Crippen LogP contribution is -2.40. The highest BCUT2D eigenvalue weighted by atomic mass is 35.5. The van der Waals surface area contributed by atoms with Gasteiger partial charge in [0.25, 0.3) is 0 Å². The fraction of sp³-hybridized carbons (Fsp3) is 0.571. The summed E-state index contributed by atoms with van der Waals surface area (Å²) in [5.74, 6) is 0. The quantitative estimate of drug-likeness (QED) is 0.780. The van der Waals surface area contributed by atoms with Crippen LogP contribution in [0.2, 0.25) is 5.02 Å². The predicted molar refractivity (Wildman–Crippen MR) is 75.6 cm³/mol. The molecule has 1 aliphatic rings. The number of halogens is 1. The normalized spacial score (nSPS) is 15.9. The number of nitrogen functional groups attached to an aromatic ring is 1. The molecule has 1 aromatic carbocycles. The highest BCUT2D eigenvalue weighted by molar-refractivity contribution is 6.33. The summed E-state index contributed by atoms with van der Waals surface area (Å²) in [6, 6.07) is 6.52. The summed E-state index contributed by atoms with van der Waals surface area (Å²) in [5.41, 5.74) is 7.67. The summed E-state index contributed by atoms with van der Waals surface area (Å²) in [6.45, 7) is 2.10. The molecular weight excluding hydrogens is 248 g/mol. The monoisotopic (exact) mass is 268 g/mol. The second-order valence-electron chi connectivity index (χ2n) is 4.99. The summed E-state index contributed by atoms with van der Waals surface area (Å²) in [5, 5.41) is 9.59. The van der Waals surface area contributed by atoms with Crippen molar-refractivity contribution < 1.29 is 5.11 Å². The Hall–Kier alpha value is -0.770. The zero-order chi connectivity index (χ0) is 13.0. The first-order chi connectivity index (χ1) is 8.70. The van der Waals surface area contributed by atoms with Crippen LogP contribution < -0.4 is 5.73 Å². The largest absolute Gasteiger partial charge is 0.398 e. The zero-order valence-corrected chi connectivity index (χ0v) is 11.4. The third-order valence-electron chi connectivity index (χ3n) is 3.64. The zero-order valence-electron chi connectivity index (χ0n) is 10.6. The Kier molecular flexibility index (Phi) is 4.87. The van der Waals surface area contributed by atoms with Gasteiger partial charge in [0.1, 0.15) is 0 Å². The van der Waals surface area contributed by atoms with E-state index in [1.54, 1.807) is 0 Å². The number of rotatable bonds is 6. The minimum atomic E-state index is 0.256. The molecule has 0 heterocycles. The van der Waals surface area contributed by atoms with Crippen molar-refractivity contribution in [3.8, 4) is 0 Å². The lowest BCUT2D eigenvalue weighted by molar-refractivity contribution is 0.109. The Bertz CT molecular complexity index is 393. The van der Waals surface area contributed by atoms with Crippen LogP contribution in [0.25, 0.3) is 0 Å². The minimum Gasteiger partial charge on any atom is -0.398 e. The second-order valence-corrected chi connectivity index (χ2v) is 5.40. The molecule has 100 valence electrons. The molecule has 0 spiro atoms. The average Bonchev–Trinajstić information content (AvgIpc) is 2.28. The summed E-state index contributed by atoms with van der Waals surface area (Å²) in [4.78, 5) is 2.45. The van der Waals surface area contributed by atoms with E-state index in [1.807, 2.05) is 18.2 Å².